The van der Waals surface area contributed by atoms with Gasteiger partial charge in [-0.3, -0.25) is 4.79 Å². The van der Waals surface area contributed by atoms with Crippen molar-refractivity contribution in [2.45, 2.75) is 32.5 Å². The van der Waals surface area contributed by atoms with Crippen molar-refractivity contribution in [3.8, 4) is 0 Å². The highest BCUT2D eigenvalue weighted by Crippen LogP contribution is 2.31. The van der Waals surface area contributed by atoms with Crippen LogP contribution in [0.5, 0.6) is 0 Å². The van der Waals surface area contributed by atoms with Gasteiger partial charge in [-0.2, -0.15) is 0 Å². The molecule has 1 amide bonds. The second kappa shape index (κ2) is 8.06. The van der Waals surface area contributed by atoms with Crippen molar-refractivity contribution in [2.75, 3.05) is 56.2 Å². The fourth-order valence-corrected chi connectivity index (χ4v) is 3.55. The lowest BCUT2D eigenvalue weighted by molar-refractivity contribution is -0.187. The summed E-state index contributed by atoms with van der Waals surface area (Å²) in [5.41, 5.74) is 2.18. The highest BCUT2D eigenvalue weighted by molar-refractivity contribution is 5.81. The fourth-order valence-electron chi connectivity index (χ4n) is 3.55. The van der Waals surface area contributed by atoms with Crippen molar-refractivity contribution in [1.29, 1.82) is 0 Å². The standard InChI is InChI=1S/C19H29N3O3/c1-3-21(4-2)17-7-5-16(6-8-17)20-15-18(23)22-11-9-19(10-12-22)24-13-14-25-19/h5-8,20H,3-4,9-15H2,1-2H3. The van der Waals surface area contributed by atoms with Gasteiger partial charge in [-0.1, -0.05) is 0 Å². The van der Waals surface area contributed by atoms with Gasteiger partial charge >= 0.3 is 0 Å². The molecular weight excluding hydrogens is 318 g/mol. The Kier molecular flexibility index (Phi) is 5.81. The number of ether oxygens (including phenoxy) is 2. The van der Waals surface area contributed by atoms with Crippen molar-refractivity contribution in [1.82, 2.24) is 4.90 Å². The maximum atomic E-state index is 12.4. The van der Waals surface area contributed by atoms with Crippen molar-refractivity contribution in [3.05, 3.63) is 24.3 Å². The van der Waals surface area contributed by atoms with Gasteiger partial charge in [0.05, 0.1) is 19.8 Å². The molecule has 138 valence electrons. The Morgan fingerprint density at radius 2 is 1.72 bits per heavy atom. The Labute approximate surface area is 150 Å². The number of anilines is 2. The van der Waals surface area contributed by atoms with E-state index in [1.54, 1.807) is 0 Å². The number of hydrogen-bond acceptors (Lipinski definition) is 5. The highest BCUT2D eigenvalue weighted by Gasteiger charge is 2.40. The molecule has 6 nitrogen and oxygen atoms in total. The predicted octanol–water partition coefficient (Wildman–Crippen LogP) is 2.31. The Hall–Kier alpha value is -1.79. The zero-order valence-electron chi connectivity index (χ0n) is 15.3. The SMILES string of the molecule is CCN(CC)c1ccc(NCC(=O)N2CCC3(CC2)OCCO3)cc1. The van der Waals surface area contributed by atoms with Gasteiger partial charge in [0.2, 0.25) is 5.91 Å². The van der Waals surface area contributed by atoms with Crippen molar-refractivity contribution in [3.63, 3.8) is 0 Å². The molecule has 0 aromatic heterocycles. The third-order valence-electron chi connectivity index (χ3n) is 5.13. The number of carbonyl (C=O) groups excluding carboxylic acids is 1. The first-order valence-electron chi connectivity index (χ1n) is 9.30. The molecule has 0 aliphatic carbocycles. The number of amides is 1. The van der Waals surface area contributed by atoms with E-state index in [0.29, 0.717) is 32.8 Å². The largest absolute Gasteiger partial charge is 0.376 e. The van der Waals surface area contributed by atoms with Crippen LogP contribution in [0.15, 0.2) is 24.3 Å². The van der Waals surface area contributed by atoms with E-state index >= 15 is 0 Å². The number of likely N-dealkylation sites (tertiary alicyclic amines) is 1. The van der Waals surface area contributed by atoms with E-state index in [0.717, 1.165) is 31.6 Å². The minimum Gasteiger partial charge on any atom is -0.376 e. The lowest BCUT2D eigenvalue weighted by Crippen LogP contribution is -2.48. The second-order valence-electron chi connectivity index (χ2n) is 6.56. The Bertz CT molecular complexity index is 556. The van der Waals surface area contributed by atoms with Crippen LogP contribution in [0, 0.1) is 0 Å². The van der Waals surface area contributed by atoms with Gasteiger partial charge in [0.1, 0.15) is 0 Å². The van der Waals surface area contributed by atoms with Crippen molar-refractivity contribution in [2.24, 2.45) is 0 Å². The summed E-state index contributed by atoms with van der Waals surface area (Å²) in [4.78, 5) is 16.6. The van der Waals surface area contributed by atoms with E-state index in [9.17, 15) is 4.79 Å². The normalized spacial score (nSPS) is 19.2. The van der Waals surface area contributed by atoms with E-state index in [-0.39, 0.29) is 5.91 Å². The molecule has 2 aliphatic heterocycles. The molecule has 1 aromatic carbocycles. The van der Waals surface area contributed by atoms with Crippen molar-refractivity contribution < 1.29 is 14.3 Å². The van der Waals surface area contributed by atoms with Crippen molar-refractivity contribution >= 4 is 17.3 Å². The Balaban J connectivity index is 1.46. The summed E-state index contributed by atoms with van der Waals surface area (Å²) in [5.74, 6) is -0.301. The van der Waals surface area contributed by atoms with Gasteiger partial charge < -0.3 is 24.6 Å². The molecule has 2 aliphatic rings. The summed E-state index contributed by atoms with van der Waals surface area (Å²) in [6, 6.07) is 8.26. The van der Waals surface area contributed by atoms with Crippen LogP contribution < -0.4 is 10.2 Å². The average molecular weight is 347 g/mol. The van der Waals surface area contributed by atoms with Gasteiger partial charge in [0.15, 0.2) is 5.79 Å². The smallest absolute Gasteiger partial charge is 0.241 e. The third kappa shape index (κ3) is 4.25. The number of nitrogens with zero attached hydrogens (tertiary/aromatic N) is 2. The van der Waals surface area contributed by atoms with Crippen LogP contribution in [0.25, 0.3) is 0 Å². The molecule has 3 rings (SSSR count). The summed E-state index contributed by atoms with van der Waals surface area (Å²) in [6.45, 7) is 9.33. The van der Waals surface area contributed by atoms with E-state index < -0.39 is 5.79 Å². The van der Waals surface area contributed by atoms with Crippen LogP contribution in [0.3, 0.4) is 0 Å². The fraction of sp³-hybridized carbons (Fsp3) is 0.632. The molecule has 1 spiro atoms. The molecule has 0 atom stereocenters. The van der Waals surface area contributed by atoms with Gasteiger partial charge in [0, 0.05) is 50.4 Å². The maximum Gasteiger partial charge on any atom is 0.241 e. The predicted molar refractivity (Wildman–Crippen MR) is 98.9 cm³/mol. The first-order chi connectivity index (χ1) is 12.2. The van der Waals surface area contributed by atoms with Crippen LogP contribution >= 0.6 is 0 Å². The number of hydrogen-bond donors (Lipinski definition) is 1. The molecule has 2 saturated heterocycles. The topological polar surface area (TPSA) is 54.0 Å². The van der Waals surface area contributed by atoms with Crippen LogP contribution in [0.4, 0.5) is 11.4 Å². The quantitative estimate of drug-likeness (QED) is 0.856. The lowest BCUT2D eigenvalue weighted by atomic mass is 10.0. The number of rotatable bonds is 6. The summed E-state index contributed by atoms with van der Waals surface area (Å²) in [7, 11) is 0. The van der Waals surface area contributed by atoms with E-state index in [4.69, 9.17) is 9.47 Å². The summed E-state index contributed by atoms with van der Waals surface area (Å²) >= 11 is 0. The molecule has 0 saturated carbocycles. The van der Waals surface area contributed by atoms with Gasteiger partial charge in [-0.15, -0.1) is 0 Å². The molecule has 0 radical (unpaired) electrons. The molecule has 0 unspecified atom stereocenters. The minimum absolute atomic E-state index is 0.126. The molecule has 2 fully saturated rings. The van der Waals surface area contributed by atoms with Crippen LogP contribution in [0.1, 0.15) is 26.7 Å². The number of carbonyl (C=O) groups is 1. The minimum atomic E-state index is -0.426. The van der Waals surface area contributed by atoms with Gasteiger partial charge in [0.25, 0.3) is 0 Å². The van der Waals surface area contributed by atoms with Crippen LogP contribution in [-0.4, -0.2) is 62.5 Å². The molecule has 6 heteroatoms. The lowest BCUT2D eigenvalue weighted by Gasteiger charge is -2.37. The molecule has 25 heavy (non-hydrogen) atoms. The molecule has 0 bridgehead atoms. The van der Waals surface area contributed by atoms with Gasteiger partial charge in [-0.05, 0) is 38.1 Å². The zero-order valence-corrected chi connectivity index (χ0v) is 15.3. The van der Waals surface area contributed by atoms with E-state index in [1.165, 1.54) is 5.69 Å². The summed E-state index contributed by atoms with van der Waals surface area (Å²) in [6.07, 6.45) is 1.52. The highest BCUT2D eigenvalue weighted by atomic mass is 16.7. The first-order valence-corrected chi connectivity index (χ1v) is 9.30. The molecular formula is C19H29N3O3. The Morgan fingerprint density at radius 1 is 1.12 bits per heavy atom. The summed E-state index contributed by atoms with van der Waals surface area (Å²) in [5, 5.41) is 3.23. The average Bonchev–Trinajstić information content (AvgIpc) is 3.10. The molecule has 1 aromatic rings. The molecule has 1 N–H and O–H groups in total. The third-order valence-corrected chi connectivity index (χ3v) is 5.13. The van der Waals surface area contributed by atoms with Crippen LogP contribution in [-0.2, 0) is 14.3 Å². The maximum absolute atomic E-state index is 12.4. The molecule has 2 heterocycles. The number of piperidine rings is 1. The second-order valence-corrected chi connectivity index (χ2v) is 6.56. The van der Waals surface area contributed by atoms with Crippen LogP contribution in [0.2, 0.25) is 0 Å². The van der Waals surface area contributed by atoms with E-state index in [1.807, 2.05) is 17.0 Å². The number of benzene rings is 1. The Morgan fingerprint density at radius 3 is 2.28 bits per heavy atom. The summed E-state index contributed by atoms with van der Waals surface area (Å²) < 4.78 is 11.4. The van der Waals surface area contributed by atoms with Gasteiger partial charge in [-0.25, -0.2) is 0 Å². The number of nitrogens with one attached hydrogen (secondary N) is 1. The van der Waals surface area contributed by atoms with E-state index in [2.05, 4.69) is 36.2 Å². The zero-order chi connectivity index (χ0) is 17.7. The monoisotopic (exact) mass is 347 g/mol. The first kappa shape index (κ1) is 18.0.